The van der Waals surface area contributed by atoms with E-state index in [-0.39, 0.29) is 0 Å². The number of benzene rings is 9. The van der Waals surface area contributed by atoms with E-state index in [4.69, 9.17) is 4.42 Å². The smallest absolute Gasteiger partial charge is 0.136 e. The molecule has 0 radical (unpaired) electrons. The molecule has 2 heteroatoms. The standard InChI is InChI=1S/C50H33NO/c1-3-14-36(15-4-1)42-19-11-12-22-47(42)51(40-27-25-35(26-28-40)39-24-23-34-13-7-8-18-38(34)31-39)41-29-30-48-46(32-41)50-44-21-10-9-20-43(44)45(33-49(50)52-48)37-16-5-2-6-17-37/h1-33H. The van der Waals surface area contributed by atoms with Gasteiger partial charge in [-0.05, 0) is 97.9 Å². The largest absolute Gasteiger partial charge is 0.456 e. The molecule has 0 fully saturated rings. The Morgan fingerprint density at radius 1 is 0.327 bits per heavy atom. The molecule has 0 aliphatic heterocycles. The van der Waals surface area contributed by atoms with Crippen molar-refractivity contribution in [1.29, 1.82) is 0 Å². The van der Waals surface area contributed by atoms with Crippen LogP contribution in [-0.4, -0.2) is 0 Å². The molecule has 0 saturated heterocycles. The Morgan fingerprint density at radius 2 is 0.942 bits per heavy atom. The summed E-state index contributed by atoms with van der Waals surface area (Å²) in [5.74, 6) is 0. The average Bonchev–Trinajstić information content (AvgIpc) is 3.60. The molecule has 0 aliphatic carbocycles. The Hall–Kier alpha value is -6.90. The maximum Gasteiger partial charge on any atom is 0.136 e. The molecular weight excluding hydrogens is 631 g/mol. The van der Waals surface area contributed by atoms with Crippen molar-refractivity contribution >= 4 is 60.5 Å². The Morgan fingerprint density at radius 3 is 1.73 bits per heavy atom. The number of anilines is 3. The Balaban J connectivity index is 1.17. The van der Waals surface area contributed by atoms with Crippen LogP contribution >= 0.6 is 0 Å². The van der Waals surface area contributed by atoms with Gasteiger partial charge in [-0.2, -0.15) is 0 Å². The summed E-state index contributed by atoms with van der Waals surface area (Å²) in [6.07, 6.45) is 0. The van der Waals surface area contributed by atoms with E-state index < -0.39 is 0 Å². The van der Waals surface area contributed by atoms with E-state index in [1.165, 1.54) is 49.4 Å². The molecular formula is C50H33NO. The molecule has 0 N–H and O–H groups in total. The monoisotopic (exact) mass is 663 g/mol. The van der Waals surface area contributed by atoms with Crippen LogP contribution in [-0.2, 0) is 0 Å². The summed E-state index contributed by atoms with van der Waals surface area (Å²) in [5.41, 5.74) is 12.1. The van der Waals surface area contributed by atoms with Crippen LogP contribution in [0.5, 0.6) is 0 Å². The van der Waals surface area contributed by atoms with E-state index in [2.05, 4.69) is 205 Å². The van der Waals surface area contributed by atoms with Gasteiger partial charge in [0.1, 0.15) is 11.2 Å². The topological polar surface area (TPSA) is 16.4 Å². The Kier molecular flexibility index (Phi) is 7.18. The molecule has 2 nitrogen and oxygen atoms in total. The van der Waals surface area contributed by atoms with Gasteiger partial charge in [-0.1, -0.05) is 152 Å². The molecule has 0 spiro atoms. The van der Waals surface area contributed by atoms with Gasteiger partial charge in [0.25, 0.3) is 0 Å². The first-order valence-corrected chi connectivity index (χ1v) is 17.8. The van der Waals surface area contributed by atoms with Gasteiger partial charge < -0.3 is 9.32 Å². The van der Waals surface area contributed by atoms with Crippen molar-refractivity contribution in [2.24, 2.45) is 0 Å². The van der Waals surface area contributed by atoms with E-state index in [1.807, 2.05) is 0 Å². The third kappa shape index (κ3) is 5.12. The van der Waals surface area contributed by atoms with Crippen LogP contribution in [0, 0.1) is 0 Å². The lowest BCUT2D eigenvalue weighted by Gasteiger charge is -2.28. The highest BCUT2D eigenvalue weighted by atomic mass is 16.3. The fraction of sp³-hybridized carbons (Fsp3) is 0. The van der Waals surface area contributed by atoms with Gasteiger partial charge in [-0.3, -0.25) is 0 Å². The van der Waals surface area contributed by atoms with Gasteiger partial charge in [-0.15, -0.1) is 0 Å². The summed E-state index contributed by atoms with van der Waals surface area (Å²) in [7, 11) is 0. The Bertz CT molecular complexity index is 2890. The minimum atomic E-state index is 0.872. The summed E-state index contributed by atoms with van der Waals surface area (Å²) < 4.78 is 6.64. The van der Waals surface area contributed by atoms with Crippen molar-refractivity contribution in [3.8, 4) is 33.4 Å². The van der Waals surface area contributed by atoms with E-state index in [1.54, 1.807) is 0 Å². The molecule has 0 saturated carbocycles. The lowest BCUT2D eigenvalue weighted by molar-refractivity contribution is 0.669. The molecule has 10 rings (SSSR count). The average molecular weight is 664 g/mol. The van der Waals surface area contributed by atoms with Crippen LogP contribution in [0.4, 0.5) is 17.1 Å². The maximum absolute atomic E-state index is 6.64. The van der Waals surface area contributed by atoms with Gasteiger partial charge in [0.15, 0.2) is 0 Å². The number of fused-ring (bicyclic) bond motifs is 6. The highest BCUT2D eigenvalue weighted by Gasteiger charge is 2.20. The molecule has 0 bridgehead atoms. The second kappa shape index (κ2) is 12.5. The molecule has 0 unspecified atom stereocenters. The third-order valence-electron chi connectivity index (χ3n) is 10.2. The van der Waals surface area contributed by atoms with Crippen LogP contribution in [0.25, 0.3) is 76.9 Å². The molecule has 0 amide bonds. The zero-order valence-electron chi connectivity index (χ0n) is 28.4. The molecule has 9 aromatic carbocycles. The minimum absolute atomic E-state index is 0.872. The first-order chi connectivity index (χ1) is 25.8. The molecule has 1 heterocycles. The summed E-state index contributed by atoms with van der Waals surface area (Å²) in [6, 6.07) is 71.6. The van der Waals surface area contributed by atoms with Crippen molar-refractivity contribution in [2.45, 2.75) is 0 Å². The number of hydrogen-bond acceptors (Lipinski definition) is 2. The van der Waals surface area contributed by atoms with E-state index in [0.717, 1.165) is 44.6 Å². The van der Waals surface area contributed by atoms with Crippen molar-refractivity contribution in [3.63, 3.8) is 0 Å². The van der Waals surface area contributed by atoms with Crippen LogP contribution in [0.2, 0.25) is 0 Å². The number of nitrogens with zero attached hydrogens (tertiary/aromatic N) is 1. The first kappa shape index (κ1) is 30.0. The molecule has 10 aromatic rings. The number of rotatable bonds is 6. The van der Waals surface area contributed by atoms with E-state index in [9.17, 15) is 0 Å². The predicted octanol–water partition coefficient (Wildman–Crippen LogP) is 14.4. The first-order valence-electron chi connectivity index (χ1n) is 17.8. The van der Waals surface area contributed by atoms with Crippen LogP contribution < -0.4 is 4.90 Å². The second-order valence-electron chi connectivity index (χ2n) is 13.3. The van der Waals surface area contributed by atoms with Gasteiger partial charge in [0.05, 0.1) is 5.69 Å². The minimum Gasteiger partial charge on any atom is -0.456 e. The lowest BCUT2D eigenvalue weighted by atomic mass is 9.95. The van der Waals surface area contributed by atoms with Crippen LogP contribution in [0.1, 0.15) is 0 Å². The van der Waals surface area contributed by atoms with E-state index in [0.29, 0.717) is 0 Å². The maximum atomic E-state index is 6.64. The van der Waals surface area contributed by atoms with Gasteiger partial charge in [0, 0.05) is 27.7 Å². The van der Waals surface area contributed by atoms with Crippen molar-refractivity contribution in [1.82, 2.24) is 0 Å². The second-order valence-corrected chi connectivity index (χ2v) is 13.3. The van der Waals surface area contributed by atoms with Gasteiger partial charge >= 0.3 is 0 Å². The predicted molar refractivity (Wildman–Crippen MR) is 220 cm³/mol. The SMILES string of the molecule is c1ccc(-c2ccccc2N(c2ccc(-c3ccc4ccccc4c3)cc2)c2ccc3oc4cc(-c5ccccc5)c5ccccc5c4c3c2)cc1. The number of para-hydroxylation sites is 1. The number of furan rings is 1. The summed E-state index contributed by atoms with van der Waals surface area (Å²) >= 11 is 0. The quantitative estimate of drug-likeness (QED) is 0.176. The summed E-state index contributed by atoms with van der Waals surface area (Å²) in [5, 5.41) is 7.12. The Labute approximate surface area is 302 Å². The number of hydrogen-bond donors (Lipinski definition) is 0. The van der Waals surface area contributed by atoms with Gasteiger partial charge in [-0.25, -0.2) is 0 Å². The van der Waals surface area contributed by atoms with Gasteiger partial charge in [0.2, 0.25) is 0 Å². The van der Waals surface area contributed by atoms with Crippen molar-refractivity contribution < 1.29 is 4.42 Å². The molecule has 0 atom stereocenters. The fourth-order valence-electron chi connectivity index (χ4n) is 7.75. The van der Waals surface area contributed by atoms with E-state index >= 15 is 0 Å². The highest BCUT2D eigenvalue weighted by Crippen LogP contribution is 2.45. The normalized spacial score (nSPS) is 11.5. The van der Waals surface area contributed by atoms with Crippen LogP contribution in [0.3, 0.4) is 0 Å². The lowest BCUT2D eigenvalue weighted by Crippen LogP contribution is -2.11. The summed E-state index contributed by atoms with van der Waals surface area (Å²) in [6.45, 7) is 0. The fourth-order valence-corrected chi connectivity index (χ4v) is 7.75. The molecule has 0 aliphatic rings. The third-order valence-corrected chi connectivity index (χ3v) is 10.2. The van der Waals surface area contributed by atoms with Crippen molar-refractivity contribution in [3.05, 3.63) is 200 Å². The highest BCUT2D eigenvalue weighted by molar-refractivity contribution is 6.22. The molecule has 1 aromatic heterocycles. The zero-order valence-corrected chi connectivity index (χ0v) is 28.4. The molecule has 52 heavy (non-hydrogen) atoms. The molecule has 244 valence electrons. The summed E-state index contributed by atoms with van der Waals surface area (Å²) in [4.78, 5) is 2.38. The van der Waals surface area contributed by atoms with Crippen LogP contribution in [0.15, 0.2) is 205 Å². The van der Waals surface area contributed by atoms with Crippen molar-refractivity contribution in [2.75, 3.05) is 4.90 Å². The zero-order chi connectivity index (χ0) is 34.4.